The Morgan fingerprint density at radius 1 is 1.04 bits per heavy atom. The molecule has 1 aliphatic heterocycles. The van der Waals surface area contributed by atoms with Crippen molar-refractivity contribution in [2.75, 3.05) is 23.8 Å². The van der Waals surface area contributed by atoms with Gasteiger partial charge in [0.2, 0.25) is 0 Å². The Balaban J connectivity index is 0.00000126. The molecule has 0 aromatic heterocycles. The Bertz CT molecular complexity index is 636. The summed E-state index contributed by atoms with van der Waals surface area (Å²) in [5.74, 6) is 0.675. The molecular formula is C22H28INO2S. The maximum Gasteiger partial charge on any atom is 0.331 e. The minimum Gasteiger partial charge on any atom is -0.461 e. The molecule has 1 heterocycles. The number of alkyl halides is 1. The highest BCUT2D eigenvalue weighted by atomic mass is 127. The van der Waals surface area contributed by atoms with Crippen LogP contribution in [-0.4, -0.2) is 35.8 Å². The van der Waals surface area contributed by atoms with Crippen molar-refractivity contribution in [3.63, 3.8) is 0 Å². The lowest BCUT2D eigenvalue weighted by Crippen LogP contribution is -2.41. The van der Waals surface area contributed by atoms with Gasteiger partial charge in [0.15, 0.2) is 4.75 Å². The molecule has 2 aromatic carbocycles. The number of nitrogens with one attached hydrogen (secondary N) is 1. The van der Waals surface area contributed by atoms with E-state index in [9.17, 15) is 4.79 Å². The average molecular weight is 497 g/mol. The number of hydrogen-bond acceptors (Lipinski definition) is 4. The summed E-state index contributed by atoms with van der Waals surface area (Å²) in [6.45, 7) is 3.90. The molecule has 0 amide bonds. The van der Waals surface area contributed by atoms with Gasteiger partial charge < -0.3 is 10.1 Å². The van der Waals surface area contributed by atoms with Crippen LogP contribution in [-0.2, 0) is 14.3 Å². The first-order valence-corrected chi connectivity index (χ1v) is 12.5. The first-order valence-electron chi connectivity index (χ1n) is 9.32. The van der Waals surface area contributed by atoms with Crippen molar-refractivity contribution >= 4 is 40.3 Å². The predicted molar refractivity (Wildman–Crippen MR) is 124 cm³/mol. The van der Waals surface area contributed by atoms with Gasteiger partial charge in [-0.05, 0) is 47.7 Å². The van der Waals surface area contributed by atoms with Crippen LogP contribution < -0.4 is 5.32 Å². The van der Waals surface area contributed by atoms with E-state index in [4.69, 9.17) is 4.74 Å². The minimum atomic E-state index is -0.817. The van der Waals surface area contributed by atoms with E-state index >= 15 is 0 Å². The molecule has 3 nitrogen and oxygen atoms in total. The largest absolute Gasteiger partial charge is 0.461 e. The van der Waals surface area contributed by atoms with E-state index < -0.39 is 4.75 Å². The van der Waals surface area contributed by atoms with E-state index in [0.717, 1.165) is 42.8 Å². The van der Waals surface area contributed by atoms with Gasteiger partial charge in [-0.1, -0.05) is 90.2 Å². The lowest BCUT2D eigenvalue weighted by atomic mass is 9.90. The molecule has 1 saturated heterocycles. The fourth-order valence-corrected chi connectivity index (χ4v) is 4.54. The molecular weight excluding hydrogens is 469 g/mol. The van der Waals surface area contributed by atoms with Crippen molar-refractivity contribution < 1.29 is 9.53 Å². The van der Waals surface area contributed by atoms with Crippen molar-refractivity contribution in [3.8, 4) is 0 Å². The number of thioether (sulfide) groups is 1. The van der Waals surface area contributed by atoms with Crippen LogP contribution in [0.4, 0.5) is 0 Å². The van der Waals surface area contributed by atoms with E-state index in [1.54, 1.807) is 11.8 Å². The molecule has 0 bridgehead atoms. The van der Waals surface area contributed by atoms with E-state index in [0.29, 0.717) is 0 Å². The van der Waals surface area contributed by atoms with Crippen LogP contribution in [0.25, 0.3) is 0 Å². The van der Waals surface area contributed by atoms with Gasteiger partial charge in [-0.25, -0.2) is 4.79 Å². The van der Waals surface area contributed by atoms with Gasteiger partial charge in [0.05, 0.1) is 0 Å². The van der Waals surface area contributed by atoms with E-state index in [1.807, 2.05) is 65.6 Å². The van der Waals surface area contributed by atoms with Crippen LogP contribution in [0.1, 0.15) is 30.9 Å². The Morgan fingerprint density at radius 2 is 1.52 bits per heavy atom. The Labute approximate surface area is 180 Å². The molecule has 5 heteroatoms. The summed E-state index contributed by atoms with van der Waals surface area (Å²) in [6.07, 6.45) is 1.75. The molecule has 3 rings (SSSR count). The number of benzene rings is 2. The quantitative estimate of drug-likeness (QED) is 0.345. The van der Waals surface area contributed by atoms with Crippen molar-refractivity contribution in [2.45, 2.75) is 30.6 Å². The normalized spacial score (nSPS) is 14.8. The summed E-state index contributed by atoms with van der Waals surface area (Å²) in [7, 11) is 0. The smallest absolute Gasteiger partial charge is 0.331 e. The fraction of sp³-hybridized carbons (Fsp3) is 0.409. The number of esters is 1. The number of rotatable bonds is 6. The van der Waals surface area contributed by atoms with E-state index in [1.165, 1.54) is 0 Å². The van der Waals surface area contributed by atoms with Gasteiger partial charge >= 0.3 is 5.97 Å². The fourth-order valence-electron chi connectivity index (χ4n) is 3.34. The maximum absolute atomic E-state index is 13.5. The highest BCUT2D eigenvalue weighted by Gasteiger charge is 2.44. The molecule has 1 aliphatic rings. The van der Waals surface area contributed by atoms with Crippen LogP contribution in [0.15, 0.2) is 60.7 Å². The Hall–Kier alpha value is -1.05. The molecule has 2 aromatic rings. The van der Waals surface area contributed by atoms with Crippen LogP contribution >= 0.6 is 34.4 Å². The molecule has 0 spiro atoms. The summed E-state index contributed by atoms with van der Waals surface area (Å²) in [6, 6.07) is 20.0. The zero-order chi connectivity index (χ0) is 19.5. The van der Waals surface area contributed by atoms with Gasteiger partial charge in [0, 0.05) is 0 Å². The molecule has 146 valence electrons. The van der Waals surface area contributed by atoms with Crippen LogP contribution in [0.5, 0.6) is 0 Å². The van der Waals surface area contributed by atoms with Crippen molar-refractivity contribution in [2.24, 2.45) is 0 Å². The van der Waals surface area contributed by atoms with Crippen molar-refractivity contribution in [1.82, 2.24) is 5.32 Å². The topological polar surface area (TPSA) is 38.3 Å². The van der Waals surface area contributed by atoms with Gasteiger partial charge in [-0.15, -0.1) is 11.8 Å². The van der Waals surface area contributed by atoms with Gasteiger partial charge in [-0.3, -0.25) is 0 Å². The molecule has 0 unspecified atom stereocenters. The number of piperidine rings is 1. The molecule has 0 saturated carbocycles. The molecule has 0 aliphatic carbocycles. The molecule has 0 radical (unpaired) electrons. The third-order valence-corrected chi connectivity index (χ3v) is 5.93. The molecule has 27 heavy (non-hydrogen) atoms. The Morgan fingerprint density at radius 3 is 1.96 bits per heavy atom. The standard InChI is InChI=1S/C21H25NO2S.CH3I/c1-2-25-21(17-9-5-3-6-10-17,18-11-7-4-8-12-18)20(23)24-19-13-15-22-16-14-19;1-2/h3-12,19,22H,2,13-16H2,1H3;1H3. The third-order valence-electron chi connectivity index (χ3n) is 4.57. The number of hydrogen-bond donors (Lipinski definition) is 1. The number of ether oxygens (including phenoxy) is 1. The second-order valence-corrected chi connectivity index (χ2v) is 7.68. The summed E-state index contributed by atoms with van der Waals surface area (Å²) < 4.78 is 5.20. The van der Waals surface area contributed by atoms with Gasteiger partial charge in [0.25, 0.3) is 0 Å². The highest BCUT2D eigenvalue weighted by molar-refractivity contribution is 14.1. The lowest BCUT2D eigenvalue weighted by Gasteiger charge is -2.34. The van der Waals surface area contributed by atoms with E-state index in [-0.39, 0.29) is 12.1 Å². The summed E-state index contributed by atoms with van der Waals surface area (Å²) in [4.78, 5) is 15.4. The van der Waals surface area contributed by atoms with Crippen LogP contribution in [0, 0.1) is 0 Å². The molecule has 1 N–H and O–H groups in total. The van der Waals surface area contributed by atoms with Crippen molar-refractivity contribution in [3.05, 3.63) is 71.8 Å². The monoisotopic (exact) mass is 497 g/mol. The predicted octanol–water partition coefficient (Wildman–Crippen LogP) is 5.03. The minimum absolute atomic E-state index is 0.00185. The zero-order valence-corrected chi connectivity index (χ0v) is 19.0. The first kappa shape index (κ1) is 22.2. The number of carbonyl (C=O) groups excluding carboxylic acids is 1. The second-order valence-electron chi connectivity index (χ2n) is 6.20. The Kier molecular flexibility index (Phi) is 9.65. The number of carbonyl (C=O) groups is 1. The molecule has 0 atom stereocenters. The second kappa shape index (κ2) is 11.7. The number of halogens is 1. The zero-order valence-electron chi connectivity index (χ0n) is 16.0. The third kappa shape index (κ3) is 5.48. The highest BCUT2D eigenvalue weighted by Crippen LogP contribution is 2.44. The lowest BCUT2D eigenvalue weighted by molar-refractivity contribution is -0.152. The molecule has 1 fully saturated rings. The average Bonchev–Trinajstić information content (AvgIpc) is 2.75. The summed E-state index contributed by atoms with van der Waals surface area (Å²) >= 11 is 3.79. The van der Waals surface area contributed by atoms with Crippen LogP contribution in [0.2, 0.25) is 0 Å². The van der Waals surface area contributed by atoms with Crippen molar-refractivity contribution in [1.29, 1.82) is 0 Å². The first-order chi connectivity index (χ1) is 13.3. The SMILES string of the molecule is CCSC(C(=O)OC1CCNCC1)(c1ccccc1)c1ccccc1.CI. The summed E-state index contributed by atoms with van der Waals surface area (Å²) in [5, 5.41) is 3.32. The van der Waals surface area contributed by atoms with Gasteiger partial charge in [-0.2, -0.15) is 0 Å². The maximum atomic E-state index is 13.5. The van der Waals surface area contributed by atoms with Gasteiger partial charge in [0.1, 0.15) is 6.10 Å². The van der Waals surface area contributed by atoms with E-state index in [2.05, 4.69) is 34.8 Å². The summed E-state index contributed by atoms with van der Waals surface area (Å²) in [5.41, 5.74) is 1.96. The van der Waals surface area contributed by atoms with Crippen LogP contribution in [0.3, 0.4) is 0 Å².